The zero-order valence-corrected chi connectivity index (χ0v) is 23.2. The molecule has 4 N–H and O–H groups in total. The van der Waals surface area contributed by atoms with Crippen molar-refractivity contribution >= 4 is 45.3 Å². The summed E-state index contributed by atoms with van der Waals surface area (Å²) in [6.45, 7) is 3.96. The van der Waals surface area contributed by atoms with E-state index < -0.39 is 31.0 Å². The highest BCUT2D eigenvalue weighted by Crippen LogP contribution is 2.36. The molecular formula is C25H33ClF7N3O2S. The van der Waals surface area contributed by atoms with Crippen LogP contribution < -0.4 is 16.4 Å². The largest absolute Gasteiger partial charge is 0.462 e. The van der Waals surface area contributed by atoms with Gasteiger partial charge >= 0.3 is 18.3 Å². The maximum Gasteiger partial charge on any atom is 0.389 e. The first-order valence-electron chi connectivity index (χ1n) is 12.3. The fourth-order valence-electron chi connectivity index (χ4n) is 3.48. The maximum atomic E-state index is 13.5. The number of nitrogens with two attached hydrogens (primary N) is 2. The number of rotatable bonds is 12. The minimum atomic E-state index is -4.34. The summed E-state index contributed by atoms with van der Waals surface area (Å²) in [5, 5.41) is 0.453. The number of unbranched alkanes of at least 4 members (excludes halogenated alkanes) is 1. The van der Waals surface area contributed by atoms with Crippen LogP contribution >= 0.6 is 22.9 Å². The van der Waals surface area contributed by atoms with Gasteiger partial charge in [0.05, 0.1) is 22.2 Å². The number of esters is 1. The standard InChI is InChI=1S/C14H17F7N2.C11H16ClNO2S/c15-11-9-10(3-4-12(11)22)23(7-1-5-13(16,17)18)8-2-6-14(19,20)21;1-3-5-6-7-8(11(14)15-4-2)10(13)16-9(7)12/h3-4,9H,1-2,5-8,22H2;3-6,13H2,1-2H3. The first kappa shape index (κ1) is 34.6. The van der Waals surface area contributed by atoms with Gasteiger partial charge in [0.25, 0.3) is 0 Å². The normalized spacial score (nSPS) is 11.6. The van der Waals surface area contributed by atoms with E-state index in [0.29, 0.717) is 21.5 Å². The summed E-state index contributed by atoms with van der Waals surface area (Å²) in [5.74, 6) is -1.13. The minimum Gasteiger partial charge on any atom is -0.462 e. The molecule has 14 heteroatoms. The molecule has 0 saturated heterocycles. The lowest BCUT2D eigenvalue weighted by Gasteiger charge is -2.25. The Balaban J connectivity index is 0.000000416. The number of benzene rings is 1. The number of nitrogens with zero attached hydrogens (tertiary/aromatic N) is 1. The molecule has 0 aliphatic carbocycles. The van der Waals surface area contributed by atoms with E-state index in [1.54, 1.807) is 6.92 Å². The number of thiophene rings is 1. The molecule has 0 aliphatic heterocycles. The first-order chi connectivity index (χ1) is 18.1. The van der Waals surface area contributed by atoms with Crippen molar-refractivity contribution in [3.63, 3.8) is 0 Å². The van der Waals surface area contributed by atoms with Gasteiger partial charge < -0.3 is 21.1 Å². The zero-order valence-electron chi connectivity index (χ0n) is 21.7. The third-order valence-corrected chi connectivity index (χ3v) is 6.68. The molecule has 0 unspecified atom stereocenters. The van der Waals surface area contributed by atoms with Crippen molar-refractivity contribution in [1.82, 2.24) is 0 Å². The van der Waals surface area contributed by atoms with E-state index in [1.165, 1.54) is 28.4 Å². The van der Waals surface area contributed by atoms with Crippen LogP contribution in [0.2, 0.25) is 4.34 Å². The molecule has 222 valence electrons. The monoisotopic (exact) mass is 607 g/mol. The number of hydrogen-bond donors (Lipinski definition) is 2. The summed E-state index contributed by atoms with van der Waals surface area (Å²) in [6, 6.07) is 3.61. The maximum absolute atomic E-state index is 13.5. The second kappa shape index (κ2) is 16.0. The Morgan fingerprint density at radius 2 is 1.56 bits per heavy atom. The fraction of sp³-hybridized carbons (Fsp3) is 0.560. The summed E-state index contributed by atoms with van der Waals surface area (Å²) in [6.07, 6.45) is -8.56. The van der Waals surface area contributed by atoms with Crippen LogP contribution in [-0.4, -0.2) is 38.0 Å². The van der Waals surface area contributed by atoms with Crippen molar-refractivity contribution < 1.29 is 40.3 Å². The summed E-state index contributed by atoms with van der Waals surface area (Å²) in [7, 11) is 0. The van der Waals surface area contributed by atoms with Gasteiger partial charge in [-0.15, -0.1) is 11.3 Å². The number of carbonyl (C=O) groups excluding carboxylic acids is 1. The minimum absolute atomic E-state index is 0.124. The van der Waals surface area contributed by atoms with Gasteiger partial charge in [0.2, 0.25) is 0 Å². The lowest BCUT2D eigenvalue weighted by atomic mass is 10.1. The highest BCUT2D eigenvalue weighted by molar-refractivity contribution is 7.20. The van der Waals surface area contributed by atoms with Crippen molar-refractivity contribution in [3.05, 3.63) is 39.5 Å². The van der Waals surface area contributed by atoms with Crippen LogP contribution in [0.5, 0.6) is 0 Å². The lowest BCUT2D eigenvalue weighted by molar-refractivity contribution is -0.135. The Bertz CT molecular complexity index is 1030. The molecule has 0 bridgehead atoms. The molecule has 0 fully saturated rings. The quantitative estimate of drug-likeness (QED) is 0.144. The number of hydrogen-bond acceptors (Lipinski definition) is 6. The van der Waals surface area contributed by atoms with Crippen molar-refractivity contribution in [2.45, 2.75) is 71.1 Å². The number of anilines is 3. The van der Waals surface area contributed by atoms with Gasteiger partial charge in [-0.25, -0.2) is 9.18 Å². The third kappa shape index (κ3) is 13.0. The predicted molar refractivity (Wildman–Crippen MR) is 142 cm³/mol. The molecule has 1 aromatic carbocycles. The number of alkyl halides is 6. The molecule has 1 heterocycles. The molecule has 0 atom stereocenters. The van der Waals surface area contributed by atoms with Gasteiger partial charge in [-0.3, -0.25) is 0 Å². The van der Waals surface area contributed by atoms with Crippen LogP contribution in [0.3, 0.4) is 0 Å². The summed E-state index contributed by atoms with van der Waals surface area (Å²) >= 11 is 7.30. The smallest absolute Gasteiger partial charge is 0.389 e. The average Bonchev–Trinajstić information content (AvgIpc) is 3.10. The van der Waals surface area contributed by atoms with E-state index in [9.17, 15) is 35.5 Å². The molecule has 2 rings (SSSR count). The Labute approximate surface area is 232 Å². The molecule has 39 heavy (non-hydrogen) atoms. The second-order valence-corrected chi connectivity index (χ2v) is 10.2. The fourth-order valence-corrected chi connectivity index (χ4v) is 4.75. The average molecular weight is 608 g/mol. The number of ether oxygens (including phenoxy) is 1. The summed E-state index contributed by atoms with van der Waals surface area (Å²) in [4.78, 5) is 13.0. The van der Waals surface area contributed by atoms with Crippen molar-refractivity contribution in [1.29, 1.82) is 0 Å². The van der Waals surface area contributed by atoms with Gasteiger partial charge in [-0.2, -0.15) is 26.3 Å². The molecule has 5 nitrogen and oxygen atoms in total. The molecule has 2 aromatic rings. The Kier molecular flexibility index (Phi) is 14.2. The van der Waals surface area contributed by atoms with Crippen LogP contribution in [0, 0.1) is 5.82 Å². The van der Waals surface area contributed by atoms with Gasteiger partial charge in [-0.05, 0) is 56.4 Å². The Morgan fingerprint density at radius 3 is 2.03 bits per heavy atom. The summed E-state index contributed by atoms with van der Waals surface area (Å²) < 4.78 is 92.2. The number of halogens is 8. The topological polar surface area (TPSA) is 81.6 Å². The highest BCUT2D eigenvalue weighted by Gasteiger charge is 2.28. The third-order valence-electron chi connectivity index (χ3n) is 5.37. The molecular weight excluding hydrogens is 575 g/mol. The van der Waals surface area contributed by atoms with Crippen LogP contribution in [0.1, 0.15) is 68.3 Å². The predicted octanol–water partition coefficient (Wildman–Crippen LogP) is 8.40. The van der Waals surface area contributed by atoms with Gasteiger partial charge in [-0.1, -0.05) is 24.9 Å². The van der Waals surface area contributed by atoms with E-state index in [4.69, 9.17) is 27.8 Å². The van der Waals surface area contributed by atoms with Crippen molar-refractivity contribution in [3.8, 4) is 0 Å². The number of carbonyl (C=O) groups is 1. The highest BCUT2D eigenvalue weighted by atomic mass is 35.5. The SMILES string of the molecule is CCCCc1c(Cl)sc(N)c1C(=O)OCC.Nc1ccc(N(CCCC(F)(F)F)CCCC(F)(F)F)cc1F. The molecule has 0 spiro atoms. The van der Waals surface area contributed by atoms with E-state index in [-0.39, 0.29) is 43.3 Å². The van der Waals surface area contributed by atoms with Gasteiger partial charge in [0.15, 0.2) is 0 Å². The van der Waals surface area contributed by atoms with Gasteiger partial charge in [0, 0.05) is 31.6 Å². The van der Waals surface area contributed by atoms with Crippen LogP contribution in [-0.2, 0) is 11.2 Å². The summed E-state index contributed by atoms with van der Waals surface area (Å²) in [5.41, 5.74) is 12.5. The molecule has 0 aliphatic rings. The molecule has 0 amide bonds. The van der Waals surface area contributed by atoms with Crippen molar-refractivity contribution in [2.75, 3.05) is 36.1 Å². The van der Waals surface area contributed by atoms with E-state index in [2.05, 4.69) is 6.92 Å². The lowest BCUT2D eigenvalue weighted by Crippen LogP contribution is -2.28. The van der Waals surface area contributed by atoms with Crippen LogP contribution in [0.25, 0.3) is 0 Å². The van der Waals surface area contributed by atoms with Crippen molar-refractivity contribution in [2.24, 2.45) is 0 Å². The number of nitrogen functional groups attached to an aromatic ring is 2. The zero-order chi connectivity index (χ0) is 29.8. The van der Waals surface area contributed by atoms with Crippen LogP contribution in [0.4, 0.5) is 47.1 Å². The molecule has 0 saturated carbocycles. The Hall–Kier alpha value is -2.41. The molecule has 1 aromatic heterocycles. The van der Waals surface area contributed by atoms with Crippen LogP contribution in [0.15, 0.2) is 18.2 Å². The first-order valence-corrected chi connectivity index (χ1v) is 13.5. The second-order valence-electron chi connectivity index (χ2n) is 8.55. The van der Waals surface area contributed by atoms with E-state index >= 15 is 0 Å². The molecule has 0 radical (unpaired) electrons. The Morgan fingerprint density at radius 1 is 1.00 bits per heavy atom. The van der Waals surface area contributed by atoms with E-state index in [0.717, 1.165) is 30.9 Å². The van der Waals surface area contributed by atoms with E-state index in [1.807, 2.05) is 0 Å². The van der Waals surface area contributed by atoms with Gasteiger partial charge in [0.1, 0.15) is 10.8 Å².